The van der Waals surface area contributed by atoms with Crippen LogP contribution in [-0.2, 0) is 0 Å². The van der Waals surface area contributed by atoms with Crippen LogP contribution >= 0.6 is 11.6 Å². The minimum absolute atomic E-state index is 0.0214. The number of nitrogens with two attached hydrogens (primary N) is 2. The molecule has 6 rings (SSSR count). The number of aliphatic hydroxyl groups excluding tert-OH is 2. The van der Waals surface area contributed by atoms with Crippen molar-refractivity contribution in [3.8, 4) is 0 Å². The highest BCUT2D eigenvalue weighted by Crippen LogP contribution is 2.52. The van der Waals surface area contributed by atoms with E-state index in [1.165, 1.54) is 6.33 Å². The third-order valence-electron chi connectivity index (χ3n) is 7.39. The van der Waals surface area contributed by atoms with Crippen LogP contribution in [0.15, 0.2) is 42.9 Å². The summed E-state index contributed by atoms with van der Waals surface area (Å²) in [6.45, 7) is 0.594. The summed E-state index contributed by atoms with van der Waals surface area (Å²) in [5.74, 6) is 0.702. The van der Waals surface area contributed by atoms with E-state index < -0.39 is 17.6 Å². The first kappa shape index (κ1) is 20.6. The van der Waals surface area contributed by atoms with E-state index in [1.54, 1.807) is 0 Å². The Morgan fingerprint density at radius 1 is 1.09 bits per heavy atom. The Balaban J connectivity index is 1.30. The highest BCUT2D eigenvalue weighted by atomic mass is 35.5. The molecule has 4 aromatic rings. The lowest BCUT2D eigenvalue weighted by atomic mass is 9.80. The molecule has 2 fully saturated rings. The molecular weight excluding hydrogens is 442 g/mol. The summed E-state index contributed by atoms with van der Waals surface area (Å²) in [6.07, 6.45) is 2.79. The molecule has 1 aliphatic carbocycles. The Morgan fingerprint density at radius 3 is 2.79 bits per heavy atom. The van der Waals surface area contributed by atoms with Crippen LogP contribution in [0.1, 0.15) is 30.5 Å². The van der Waals surface area contributed by atoms with Crippen molar-refractivity contribution in [1.82, 2.24) is 24.8 Å². The second-order valence-electron chi connectivity index (χ2n) is 9.23. The molecular formula is C23H24ClN7O2. The molecule has 1 aliphatic heterocycles. The van der Waals surface area contributed by atoms with Crippen LogP contribution in [0.4, 0.5) is 11.6 Å². The molecule has 1 aromatic carbocycles. The zero-order chi connectivity index (χ0) is 22.9. The fourth-order valence-corrected chi connectivity index (χ4v) is 5.80. The quantitative estimate of drug-likeness (QED) is 0.302. The normalized spacial score (nSPS) is 29.5. The van der Waals surface area contributed by atoms with Crippen LogP contribution in [0.3, 0.4) is 0 Å². The van der Waals surface area contributed by atoms with Gasteiger partial charge in [0.25, 0.3) is 0 Å². The van der Waals surface area contributed by atoms with Crippen molar-refractivity contribution in [1.29, 1.82) is 0 Å². The Morgan fingerprint density at radius 2 is 1.94 bits per heavy atom. The third-order valence-corrected chi connectivity index (χ3v) is 7.70. The van der Waals surface area contributed by atoms with Crippen LogP contribution in [0.25, 0.3) is 21.9 Å². The highest BCUT2D eigenvalue weighted by Gasteiger charge is 2.56. The molecule has 1 spiro atoms. The molecule has 10 heteroatoms. The number of halogens is 1. The topological polar surface area (TPSA) is 148 Å². The molecule has 9 nitrogen and oxygen atoms in total. The summed E-state index contributed by atoms with van der Waals surface area (Å²) in [4.78, 5) is 12.8. The van der Waals surface area contributed by atoms with Crippen molar-refractivity contribution in [3.63, 3.8) is 0 Å². The maximum absolute atomic E-state index is 11.1. The first-order valence-corrected chi connectivity index (χ1v) is 11.3. The molecule has 0 bridgehead atoms. The van der Waals surface area contributed by atoms with E-state index in [-0.39, 0.29) is 12.1 Å². The van der Waals surface area contributed by atoms with Gasteiger partial charge < -0.3 is 31.6 Å². The van der Waals surface area contributed by atoms with E-state index in [2.05, 4.69) is 20.3 Å². The first-order chi connectivity index (χ1) is 15.9. The van der Waals surface area contributed by atoms with Gasteiger partial charge in [-0.1, -0.05) is 23.7 Å². The van der Waals surface area contributed by atoms with E-state index >= 15 is 0 Å². The number of hydrogen-bond acceptors (Lipinski definition) is 8. The summed E-state index contributed by atoms with van der Waals surface area (Å²) >= 11 is 6.10. The lowest BCUT2D eigenvalue weighted by molar-refractivity contribution is -0.0218. The Kier molecular flexibility index (Phi) is 4.54. The number of nitrogens with zero attached hydrogens (tertiary/aromatic N) is 4. The number of hydrogen-bond donors (Lipinski definition) is 5. The van der Waals surface area contributed by atoms with Gasteiger partial charge in [-0.3, -0.25) is 0 Å². The molecule has 1 saturated carbocycles. The van der Waals surface area contributed by atoms with Crippen molar-refractivity contribution in [2.24, 2.45) is 5.41 Å². The van der Waals surface area contributed by atoms with Gasteiger partial charge in [0.15, 0.2) is 0 Å². The van der Waals surface area contributed by atoms with Gasteiger partial charge in [-0.2, -0.15) is 0 Å². The molecule has 3 aromatic heterocycles. The lowest BCUT2D eigenvalue weighted by Gasteiger charge is -2.27. The standard InChI is InChI=1S/C23H24ClN7O2/c24-14-5-11-1-2-12(6-15(11)30-21(14)26)16-7-23(9-27-16)8-17(18(32)19(23)33)31-4-3-13-20(25)28-10-29-22(13)31/h1-6,10,16-19,27,32-33H,7-9H2,(H2,26,30)(H2,25,28,29)/t16-,17+,18-,19-,23-/m0/s1. The van der Waals surface area contributed by atoms with Crippen LogP contribution in [0, 0.1) is 5.41 Å². The smallest absolute Gasteiger partial charge is 0.145 e. The number of aliphatic hydroxyl groups is 2. The van der Waals surface area contributed by atoms with Gasteiger partial charge in [0, 0.05) is 29.6 Å². The van der Waals surface area contributed by atoms with Crippen LogP contribution in [0.5, 0.6) is 0 Å². The number of nitrogen functional groups attached to an aromatic ring is 2. The maximum Gasteiger partial charge on any atom is 0.145 e. The van der Waals surface area contributed by atoms with Gasteiger partial charge in [-0.15, -0.1) is 0 Å². The number of fused-ring (bicyclic) bond motifs is 2. The first-order valence-electron chi connectivity index (χ1n) is 10.9. The number of anilines is 2. The average Bonchev–Trinajstić information content (AvgIpc) is 3.48. The van der Waals surface area contributed by atoms with Gasteiger partial charge in [0.1, 0.15) is 29.7 Å². The van der Waals surface area contributed by atoms with Crippen molar-refractivity contribution in [3.05, 3.63) is 53.4 Å². The summed E-state index contributed by atoms with van der Waals surface area (Å²) in [5.41, 5.74) is 13.9. The van der Waals surface area contributed by atoms with E-state index in [4.69, 9.17) is 23.1 Å². The van der Waals surface area contributed by atoms with Crippen molar-refractivity contribution in [2.45, 2.75) is 37.1 Å². The average molecular weight is 466 g/mol. The van der Waals surface area contributed by atoms with Gasteiger partial charge in [-0.05, 0) is 36.6 Å². The number of benzene rings is 1. The molecule has 7 N–H and O–H groups in total. The zero-order valence-corrected chi connectivity index (χ0v) is 18.4. The summed E-state index contributed by atoms with van der Waals surface area (Å²) < 4.78 is 1.91. The minimum Gasteiger partial charge on any atom is -0.390 e. The van der Waals surface area contributed by atoms with Crippen LogP contribution in [0.2, 0.25) is 5.02 Å². The minimum atomic E-state index is -0.919. The van der Waals surface area contributed by atoms with E-state index in [0.29, 0.717) is 41.7 Å². The predicted octanol–water partition coefficient (Wildman–Crippen LogP) is 2.18. The molecule has 0 radical (unpaired) electrons. The largest absolute Gasteiger partial charge is 0.390 e. The van der Waals surface area contributed by atoms with E-state index in [0.717, 1.165) is 21.9 Å². The van der Waals surface area contributed by atoms with Crippen LogP contribution < -0.4 is 16.8 Å². The second kappa shape index (κ2) is 7.26. The molecule has 2 aliphatic rings. The van der Waals surface area contributed by atoms with Gasteiger partial charge in [0.05, 0.1) is 28.1 Å². The SMILES string of the molecule is Nc1nc2cc([C@@H]3C[C@@]4(CN3)C[C@@H](n3ccc5c(N)ncnc53)[C@H](O)[C@@H]4O)ccc2cc1Cl. The van der Waals surface area contributed by atoms with Crippen molar-refractivity contribution < 1.29 is 10.2 Å². The van der Waals surface area contributed by atoms with Crippen molar-refractivity contribution in [2.75, 3.05) is 18.0 Å². The molecule has 0 unspecified atom stereocenters. The predicted molar refractivity (Wildman–Crippen MR) is 127 cm³/mol. The lowest BCUT2D eigenvalue weighted by Crippen LogP contribution is -2.38. The fraction of sp³-hybridized carbons (Fsp3) is 0.348. The highest BCUT2D eigenvalue weighted by molar-refractivity contribution is 6.33. The van der Waals surface area contributed by atoms with Gasteiger partial charge in [-0.25, -0.2) is 15.0 Å². The maximum atomic E-state index is 11.1. The Labute approximate surface area is 194 Å². The Bertz CT molecular complexity index is 1390. The van der Waals surface area contributed by atoms with Crippen molar-refractivity contribution >= 4 is 45.2 Å². The summed E-state index contributed by atoms with van der Waals surface area (Å²) in [6, 6.07) is 9.40. The molecule has 0 amide bonds. The molecule has 1 saturated heterocycles. The molecule has 4 heterocycles. The zero-order valence-electron chi connectivity index (χ0n) is 17.7. The van der Waals surface area contributed by atoms with E-state index in [1.807, 2.05) is 41.1 Å². The van der Waals surface area contributed by atoms with Gasteiger partial charge >= 0.3 is 0 Å². The second-order valence-corrected chi connectivity index (χ2v) is 9.64. The molecule has 5 atom stereocenters. The fourth-order valence-electron chi connectivity index (χ4n) is 5.64. The number of nitrogens with one attached hydrogen (secondary N) is 1. The van der Waals surface area contributed by atoms with E-state index in [9.17, 15) is 10.2 Å². The summed E-state index contributed by atoms with van der Waals surface area (Å²) in [5, 5.41) is 27.8. The van der Waals surface area contributed by atoms with Crippen LogP contribution in [-0.4, -0.2) is 48.5 Å². The molecule has 170 valence electrons. The molecule has 33 heavy (non-hydrogen) atoms. The number of pyridine rings is 1. The third kappa shape index (κ3) is 3.07. The Hall–Kier alpha value is -2.98. The number of rotatable bonds is 2. The number of aromatic nitrogens is 4. The monoisotopic (exact) mass is 465 g/mol. The van der Waals surface area contributed by atoms with Gasteiger partial charge in [0.2, 0.25) is 0 Å². The summed E-state index contributed by atoms with van der Waals surface area (Å²) in [7, 11) is 0.